The van der Waals surface area contributed by atoms with E-state index in [1.165, 1.54) is 18.2 Å². The van der Waals surface area contributed by atoms with Crippen molar-refractivity contribution in [3.63, 3.8) is 0 Å². The predicted octanol–water partition coefficient (Wildman–Crippen LogP) is 4.23. The topological polar surface area (TPSA) is 55.2 Å². The van der Waals surface area contributed by atoms with Crippen LogP contribution in [0.25, 0.3) is 0 Å². The average Bonchev–Trinajstić information content (AvgIpc) is 2.39. The third-order valence-electron chi connectivity index (χ3n) is 2.71. The summed E-state index contributed by atoms with van der Waals surface area (Å²) in [5.74, 6) is -2.52. The number of halogens is 4. The Balaban J connectivity index is 2.23. The van der Waals surface area contributed by atoms with Crippen molar-refractivity contribution in [3.8, 4) is 0 Å². The van der Waals surface area contributed by atoms with Crippen molar-refractivity contribution in [1.82, 2.24) is 0 Å². The van der Waals surface area contributed by atoms with Crippen LogP contribution in [0.5, 0.6) is 0 Å². The lowest BCUT2D eigenvalue weighted by Crippen LogP contribution is -2.05. The maximum Gasteiger partial charge on any atom is 0.305 e. The highest BCUT2D eigenvalue weighted by molar-refractivity contribution is 14.1. The van der Waals surface area contributed by atoms with Crippen LogP contribution in [0.15, 0.2) is 30.3 Å². The molecule has 0 heterocycles. The monoisotopic (exact) mass is 408 g/mol. The number of hydrogen-bond donors (Lipinski definition) is 1. The summed E-state index contributed by atoms with van der Waals surface area (Å²) < 4.78 is 40.3. The van der Waals surface area contributed by atoms with E-state index < -0.39 is 28.1 Å². The fraction of sp³-hybridized carbons (Fsp3) is 0.0769. The number of anilines is 1. The van der Waals surface area contributed by atoms with Crippen LogP contribution < -0.4 is 5.32 Å². The lowest BCUT2D eigenvalue weighted by Gasteiger charge is -2.09. The Morgan fingerprint density at radius 2 is 1.86 bits per heavy atom. The standard InChI is InChI=1S/C13H8F3IN2O2/c14-8-1-2-12(11(17)4-8)18-6-7-3-13(19(20)21)10(16)5-9(7)15/h1-5,18H,6H2. The van der Waals surface area contributed by atoms with Gasteiger partial charge >= 0.3 is 5.69 Å². The second-order valence-electron chi connectivity index (χ2n) is 4.13. The Labute approximate surface area is 131 Å². The molecule has 0 bridgehead atoms. The minimum atomic E-state index is -1.22. The highest BCUT2D eigenvalue weighted by Gasteiger charge is 2.18. The van der Waals surface area contributed by atoms with Crippen LogP contribution in [0, 0.1) is 31.1 Å². The zero-order valence-electron chi connectivity index (χ0n) is 10.4. The molecule has 2 aromatic rings. The SMILES string of the molecule is O=[N+]([O-])c1cc(CNc2ccc(F)cc2I)c(F)cc1F. The maximum atomic E-state index is 13.6. The molecule has 1 N–H and O–H groups in total. The number of nitrogens with zero attached hydrogens (tertiary/aromatic N) is 1. The first-order chi connectivity index (χ1) is 9.88. The second-order valence-corrected chi connectivity index (χ2v) is 5.29. The van der Waals surface area contributed by atoms with E-state index in [2.05, 4.69) is 5.32 Å². The van der Waals surface area contributed by atoms with Crippen molar-refractivity contribution in [1.29, 1.82) is 0 Å². The van der Waals surface area contributed by atoms with E-state index in [0.717, 1.165) is 6.07 Å². The summed E-state index contributed by atoms with van der Waals surface area (Å²) in [5.41, 5.74) is -0.298. The molecule has 0 unspecified atom stereocenters. The van der Waals surface area contributed by atoms with Crippen molar-refractivity contribution in [2.45, 2.75) is 6.54 Å². The normalized spacial score (nSPS) is 10.5. The predicted molar refractivity (Wildman–Crippen MR) is 79.5 cm³/mol. The summed E-state index contributed by atoms with van der Waals surface area (Å²) in [5, 5.41) is 13.5. The Hall–Kier alpha value is -1.84. The van der Waals surface area contributed by atoms with Gasteiger partial charge in [-0.05, 0) is 40.8 Å². The molecule has 2 aromatic carbocycles. The van der Waals surface area contributed by atoms with Gasteiger partial charge in [0, 0.05) is 33.5 Å². The van der Waals surface area contributed by atoms with Crippen molar-refractivity contribution in [2.75, 3.05) is 5.32 Å². The number of benzene rings is 2. The van der Waals surface area contributed by atoms with Crippen LogP contribution in [-0.4, -0.2) is 4.92 Å². The van der Waals surface area contributed by atoms with Crippen LogP contribution in [0.4, 0.5) is 24.5 Å². The van der Waals surface area contributed by atoms with E-state index >= 15 is 0 Å². The van der Waals surface area contributed by atoms with Crippen LogP contribution in [-0.2, 0) is 6.54 Å². The highest BCUT2D eigenvalue weighted by Crippen LogP contribution is 2.24. The van der Waals surface area contributed by atoms with Gasteiger partial charge < -0.3 is 5.32 Å². The van der Waals surface area contributed by atoms with E-state index in [4.69, 9.17) is 0 Å². The molecule has 0 saturated carbocycles. The molecular weight excluding hydrogens is 400 g/mol. The first kappa shape index (κ1) is 15.5. The maximum absolute atomic E-state index is 13.6. The molecule has 0 aliphatic heterocycles. The van der Waals surface area contributed by atoms with Gasteiger partial charge in [-0.2, -0.15) is 4.39 Å². The number of nitro groups is 1. The van der Waals surface area contributed by atoms with Crippen molar-refractivity contribution in [3.05, 3.63) is 67.0 Å². The molecule has 4 nitrogen and oxygen atoms in total. The summed E-state index contributed by atoms with van der Waals surface area (Å²) in [7, 11) is 0. The number of hydrogen-bond acceptors (Lipinski definition) is 3. The molecule has 0 fully saturated rings. The molecule has 8 heteroatoms. The van der Waals surface area contributed by atoms with Gasteiger partial charge in [-0.3, -0.25) is 10.1 Å². The van der Waals surface area contributed by atoms with E-state index in [0.29, 0.717) is 15.3 Å². The smallest absolute Gasteiger partial charge is 0.305 e. The van der Waals surface area contributed by atoms with Crippen LogP contribution in [0.2, 0.25) is 0 Å². The minimum absolute atomic E-state index is 0.0526. The molecule has 0 aromatic heterocycles. The Morgan fingerprint density at radius 1 is 1.14 bits per heavy atom. The molecule has 0 aliphatic carbocycles. The van der Waals surface area contributed by atoms with Gasteiger partial charge in [-0.1, -0.05) is 0 Å². The highest BCUT2D eigenvalue weighted by atomic mass is 127. The largest absolute Gasteiger partial charge is 0.380 e. The van der Waals surface area contributed by atoms with E-state index in [1.807, 2.05) is 22.6 Å². The number of nitro benzene ring substituents is 1. The van der Waals surface area contributed by atoms with Gasteiger partial charge in [0.05, 0.1) is 4.92 Å². The average molecular weight is 408 g/mol. The second kappa shape index (κ2) is 6.29. The first-order valence-electron chi connectivity index (χ1n) is 5.69. The summed E-state index contributed by atoms with van der Waals surface area (Å²) in [6, 6.07) is 5.30. The van der Waals surface area contributed by atoms with Gasteiger partial charge in [0.15, 0.2) is 0 Å². The van der Waals surface area contributed by atoms with Gasteiger partial charge in [0.25, 0.3) is 0 Å². The summed E-state index contributed by atoms with van der Waals surface area (Å²) in [6.45, 7) is -0.0887. The van der Waals surface area contributed by atoms with Gasteiger partial charge in [-0.25, -0.2) is 8.78 Å². The van der Waals surface area contributed by atoms with E-state index in [1.54, 1.807) is 0 Å². The Morgan fingerprint density at radius 3 is 2.48 bits per heavy atom. The molecule has 0 radical (unpaired) electrons. The Bertz CT molecular complexity index is 710. The van der Waals surface area contributed by atoms with E-state index in [9.17, 15) is 23.3 Å². The number of nitrogens with one attached hydrogen (secondary N) is 1. The molecule has 2 rings (SSSR count). The minimum Gasteiger partial charge on any atom is -0.380 e. The molecule has 0 amide bonds. The summed E-state index contributed by atoms with van der Waals surface area (Å²) in [6.07, 6.45) is 0. The van der Waals surface area contributed by atoms with E-state index in [-0.39, 0.29) is 12.1 Å². The third kappa shape index (κ3) is 3.63. The zero-order chi connectivity index (χ0) is 15.6. The zero-order valence-corrected chi connectivity index (χ0v) is 12.5. The molecule has 0 aliphatic rings. The fourth-order valence-electron chi connectivity index (χ4n) is 1.68. The fourth-order valence-corrected chi connectivity index (χ4v) is 2.35. The van der Waals surface area contributed by atoms with Gasteiger partial charge in [-0.15, -0.1) is 0 Å². The molecule has 0 atom stereocenters. The lowest BCUT2D eigenvalue weighted by molar-refractivity contribution is -0.387. The lowest BCUT2D eigenvalue weighted by atomic mass is 10.1. The van der Waals surface area contributed by atoms with Crippen molar-refractivity contribution < 1.29 is 18.1 Å². The quantitative estimate of drug-likeness (QED) is 0.468. The molecule has 0 saturated heterocycles. The molecular formula is C13H8F3IN2O2. The van der Waals surface area contributed by atoms with Crippen molar-refractivity contribution >= 4 is 34.0 Å². The third-order valence-corrected chi connectivity index (χ3v) is 3.61. The molecule has 0 spiro atoms. The molecule has 110 valence electrons. The van der Waals surface area contributed by atoms with Gasteiger partial charge in [0.1, 0.15) is 11.6 Å². The Kier molecular flexibility index (Phi) is 4.66. The number of rotatable bonds is 4. The van der Waals surface area contributed by atoms with Crippen LogP contribution in [0.1, 0.15) is 5.56 Å². The first-order valence-corrected chi connectivity index (χ1v) is 6.77. The van der Waals surface area contributed by atoms with Crippen molar-refractivity contribution in [2.24, 2.45) is 0 Å². The van der Waals surface area contributed by atoms with Gasteiger partial charge in [0.2, 0.25) is 5.82 Å². The summed E-state index contributed by atoms with van der Waals surface area (Å²) in [4.78, 5) is 9.71. The van der Waals surface area contributed by atoms with Crippen LogP contribution >= 0.6 is 22.6 Å². The summed E-state index contributed by atoms with van der Waals surface area (Å²) >= 11 is 1.90. The molecule has 21 heavy (non-hydrogen) atoms. The van der Waals surface area contributed by atoms with Crippen LogP contribution in [0.3, 0.4) is 0 Å².